The highest BCUT2D eigenvalue weighted by Gasteiger charge is 2.32. The predicted molar refractivity (Wildman–Crippen MR) is 101 cm³/mol. The monoisotopic (exact) mass is 388 g/mol. The first-order chi connectivity index (χ1) is 13.5. The van der Waals surface area contributed by atoms with Gasteiger partial charge in [0.15, 0.2) is 6.04 Å². The van der Waals surface area contributed by atoms with Crippen molar-refractivity contribution in [1.29, 1.82) is 0 Å². The Morgan fingerprint density at radius 3 is 2.32 bits per heavy atom. The fourth-order valence-electron chi connectivity index (χ4n) is 2.42. The molecule has 0 aliphatic heterocycles. The summed E-state index contributed by atoms with van der Waals surface area (Å²) in [5, 5.41) is 22.0. The Bertz CT molecular complexity index is 766. The Morgan fingerprint density at radius 1 is 1.11 bits per heavy atom. The van der Waals surface area contributed by atoms with E-state index in [0.29, 0.717) is 11.3 Å². The van der Waals surface area contributed by atoms with Crippen molar-refractivity contribution in [2.45, 2.75) is 24.8 Å². The first-order valence-electron chi connectivity index (χ1n) is 8.65. The normalized spacial score (nSPS) is 13.9. The fourth-order valence-corrected chi connectivity index (χ4v) is 2.42. The second-order valence-electron chi connectivity index (χ2n) is 6.09. The third kappa shape index (κ3) is 5.78. The summed E-state index contributed by atoms with van der Waals surface area (Å²) in [5.74, 6) is -1.03. The van der Waals surface area contributed by atoms with Crippen LogP contribution in [0, 0.1) is 0 Å². The molecule has 1 amide bonds. The van der Waals surface area contributed by atoms with Gasteiger partial charge in [0.1, 0.15) is 24.5 Å². The van der Waals surface area contributed by atoms with Crippen LogP contribution in [0.2, 0.25) is 0 Å². The van der Waals surface area contributed by atoms with Gasteiger partial charge < -0.3 is 30.7 Å². The number of nitrogens with one attached hydrogen (secondary N) is 1. The minimum Gasteiger partial charge on any atom is -0.497 e. The van der Waals surface area contributed by atoms with E-state index in [1.54, 1.807) is 48.5 Å². The van der Waals surface area contributed by atoms with E-state index in [1.807, 2.05) is 6.07 Å². The van der Waals surface area contributed by atoms with E-state index in [0.717, 1.165) is 5.56 Å². The van der Waals surface area contributed by atoms with Crippen LogP contribution in [0.1, 0.15) is 17.2 Å². The van der Waals surface area contributed by atoms with E-state index in [4.69, 9.17) is 20.3 Å². The largest absolute Gasteiger partial charge is 0.497 e. The van der Waals surface area contributed by atoms with Crippen LogP contribution in [0.15, 0.2) is 54.6 Å². The van der Waals surface area contributed by atoms with Crippen molar-refractivity contribution in [3.05, 3.63) is 65.7 Å². The number of esters is 1. The minimum atomic E-state index is -1.40. The Labute approximate surface area is 162 Å². The number of carbonyl (C=O) groups excluding carboxylic acids is 2. The second-order valence-corrected chi connectivity index (χ2v) is 6.09. The smallest absolute Gasteiger partial charge is 0.332 e. The Kier molecular flexibility index (Phi) is 7.94. The van der Waals surface area contributed by atoms with Crippen LogP contribution in [0.4, 0.5) is 0 Å². The van der Waals surface area contributed by atoms with Gasteiger partial charge in [-0.25, -0.2) is 4.79 Å². The van der Waals surface area contributed by atoms with Gasteiger partial charge in [0.05, 0.1) is 13.7 Å². The molecule has 0 heterocycles. The van der Waals surface area contributed by atoms with Crippen molar-refractivity contribution in [3.63, 3.8) is 0 Å². The second kappa shape index (κ2) is 10.4. The first kappa shape index (κ1) is 21.4. The van der Waals surface area contributed by atoms with Gasteiger partial charge in [0.2, 0.25) is 5.91 Å². The SMILES string of the molecule is COc1ccc([C@@H](O)[C@H](NC(=O)[C@@H](N)CO)C(=O)OCc2ccccc2)cc1. The molecule has 0 spiro atoms. The maximum atomic E-state index is 12.6. The molecule has 0 radical (unpaired) electrons. The standard InChI is InChI=1S/C20H24N2O6/c1-27-15-9-7-14(8-10-15)18(24)17(22-19(25)16(21)11-23)20(26)28-12-13-5-3-2-4-6-13/h2-10,16-18,23-24H,11-12,21H2,1H3,(H,22,25)/t16-,17-,18+/m0/s1. The van der Waals surface area contributed by atoms with Crippen molar-refractivity contribution >= 4 is 11.9 Å². The van der Waals surface area contributed by atoms with Crippen LogP contribution in [-0.4, -0.2) is 47.9 Å². The van der Waals surface area contributed by atoms with E-state index in [1.165, 1.54) is 7.11 Å². The maximum Gasteiger partial charge on any atom is 0.332 e. The third-order valence-corrected chi connectivity index (χ3v) is 4.08. The number of nitrogens with two attached hydrogens (primary N) is 1. The van der Waals surface area contributed by atoms with Crippen LogP contribution in [0.5, 0.6) is 5.75 Å². The number of rotatable bonds is 9. The lowest BCUT2D eigenvalue weighted by Crippen LogP contribution is -2.52. The molecule has 2 aromatic carbocycles. The van der Waals surface area contributed by atoms with Gasteiger partial charge >= 0.3 is 5.97 Å². The summed E-state index contributed by atoms with van der Waals surface area (Å²) >= 11 is 0. The molecule has 8 nitrogen and oxygen atoms in total. The molecule has 2 rings (SSSR count). The van der Waals surface area contributed by atoms with Crippen LogP contribution < -0.4 is 15.8 Å². The summed E-state index contributed by atoms with van der Waals surface area (Å²) in [5.41, 5.74) is 6.63. The quantitative estimate of drug-likeness (QED) is 0.454. The van der Waals surface area contributed by atoms with E-state index < -0.39 is 36.7 Å². The van der Waals surface area contributed by atoms with Crippen molar-refractivity contribution < 1.29 is 29.3 Å². The third-order valence-electron chi connectivity index (χ3n) is 4.08. The summed E-state index contributed by atoms with van der Waals surface area (Å²) in [6, 6.07) is 12.7. The lowest BCUT2D eigenvalue weighted by molar-refractivity contribution is -0.153. The molecule has 0 aromatic heterocycles. The average molecular weight is 388 g/mol. The number of hydrogen-bond acceptors (Lipinski definition) is 7. The van der Waals surface area contributed by atoms with Crippen molar-refractivity contribution in [2.24, 2.45) is 5.73 Å². The molecule has 3 atom stereocenters. The van der Waals surface area contributed by atoms with Crippen LogP contribution in [0.3, 0.4) is 0 Å². The number of methoxy groups -OCH3 is 1. The molecule has 0 aliphatic carbocycles. The summed E-state index contributed by atoms with van der Waals surface area (Å²) in [6.07, 6.45) is -1.39. The van der Waals surface area contributed by atoms with Gasteiger partial charge in [0.25, 0.3) is 0 Å². The zero-order chi connectivity index (χ0) is 20.5. The van der Waals surface area contributed by atoms with E-state index in [9.17, 15) is 14.7 Å². The lowest BCUT2D eigenvalue weighted by Gasteiger charge is -2.24. The highest BCUT2D eigenvalue weighted by molar-refractivity contribution is 5.88. The van der Waals surface area contributed by atoms with Crippen molar-refractivity contribution in [3.8, 4) is 5.75 Å². The number of benzene rings is 2. The van der Waals surface area contributed by atoms with Crippen LogP contribution >= 0.6 is 0 Å². The molecule has 0 saturated carbocycles. The first-order valence-corrected chi connectivity index (χ1v) is 8.65. The molecule has 150 valence electrons. The molecule has 0 fully saturated rings. The molecule has 5 N–H and O–H groups in total. The summed E-state index contributed by atoms with van der Waals surface area (Å²) < 4.78 is 10.3. The number of carbonyl (C=O) groups is 2. The van der Waals surface area contributed by atoms with E-state index >= 15 is 0 Å². The summed E-state index contributed by atoms with van der Waals surface area (Å²) in [7, 11) is 1.51. The lowest BCUT2D eigenvalue weighted by atomic mass is 10.0. The number of amides is 1. The van der Waals surface area contributed by atoms with E-state index in [-0.39, 0.29) is 6.61 Å². The number of aliphatic hydroxyl groups excluding tert-OH is 2. The zero-order valence-corrected chi connectivity index (χ0v) is 15.4. The Morgan fingerprint density at radius 2 is 1.75 bits per heavy atom. The van der Waals surface area contributed by atoms with Crippen molar-refractivity contribution in [1.82, 2.24) is 5.32 Å². The topological polar surface area (TPSA) is 131 Å². The highest BCUT2D eigenvalue weighted by atomic mass is 16.5. The molecule has 0 aliphatic rings. The molecule has 8 heteroatoms. The van der Waals surface area contributed by atoms with Crippen LogP contribution in [0.25, 0.3) is 0 Å². The molecule has 0 bridgehead atoms. The number of aliphatic hydroxyl groups is 2. The minimum absolute atomic E-state index is 0.0204. The molecular formula is C20H24N2O6. The summed E-state index contributed by atoms with van der Waals surface area (Å²) in [4.78, 5) is 24.6. The van der Waals surface area contributed by atoms with Gasteiger partial charge in [-0.3, -0.25) is 4.79 Å². The van der Waals surface area contributed by atoms with Crippen molar-refractivity contribution in [2.75, 3.05) is 13.7 Å². The molecular weight excluding hydrogens is 364 g/mol. The van der Waals surface area contributed by atoms with Gasteiger partial charge in [-0.15, -0.1) is 0 Å². The number of hydrogen-bond donors (Lipinski definition) is 4. The maximum absolute atomic E-state index is 12.6. The van der Waals surface area contributed by atoms with Crippen LogP contribution in [-0.2, 0) is 20.9 Å². The molecule has 2 aromatic rings. The molecule has 0 unspecified atom stereocenters. The van der Waals surface area contributed by atoms with Gasteiger partial charge in [-0.05, 0) is 23.3 Å². The average Bonchev–Trinajstić information content (AvgIpc) is 2.75. The molecule has 0 saturated heterocycles. The highest BCUT2D eigenvalue weighted by Crippen LogP contribution is 2.21. The number of ether oxygens (including phenoxy) is 2. The van der Waals surface area contributed by atoms with E-state index in [2.05, 4.69) is 5.32 Å². The fraction of sp³-hybridized carbons (Fsp3) is 0.300. The Hall–Kier alpha value is -2.94. The van der Waals surface area contributed by atoms with Gasteiger partial charge in [0, 0.05) is 0 Å². The molecule has 28 heavy (non-hydrogen) atoms. The zero-order valence-electron chi connectivity index (χ0n) is 15.4. The summed E-state index contributed by atoms with van der Waals surface area (Å²) in [6.45, 7) is -0.621. The van der Waals surface area contributed by atoms with Gasteiger partial charge in [-0.1, -0.05) is 42.5 Å². The van der Waals surface area contributed by atoms with Gasteiger partial charge in [-0.2, -0.15) is 0 Å². The Balaban J connectivity index is 2.16. The predicted octanol–water partition coefficient (Wildman–Crippen LogP) is 0.276.